The number of aromatic nitrogens is 4. The second-order valence-electron chi connectivity index (χ2n) is 8.06. The molecule has 3 aromatic rings. The number of pyridine rings is 1. The van der Waals surface area contributed by atoms with Crippen molar-refractivity contribution in [3.8, 4) is 11.4 Å². The Morgan fingerprint density at radius 2 is 2.10 bits per heavy atom. The van der Waals surface area contributed by atoms with Crippen molar-refractivity contribution in [1.82, 2.24) is 24.7 Å². The molecule has 3 N–H and O–H groups in total. The van der Waals surface area contributed by atoms with Gasteiger partial charge in [0.05, 0.1) is 36.5 Å². The first-order valence-electron chi connectivity index (χ1n) is 10.1. The molecular formula is C20H22F3N7O. The molecule has 2 aliphatic rings. The summed E-state index contributed by atoms with van der Waals surface area (Å²) < 4.78 is 41.3. The second-order valence-corrected chi connectivity index (χ2v) is 8.06. The van der Waals surface area contributed by atoms with Gasteiger partial charge in [0.2, 0.25) is 0 Å². The minimum absolute atomic E-state index is 0.0611. The van der Waals surface area contributed by atoms with E-state index in [9.17, 15) is 18.3 Å². The molecular weight excluding hydrogens is 411 g/mol. The Bertz CT molecular complexity index is 1100. The third-order valence-corrected chi connectivity index (χ3v) is 5.91. The molecule has 31 heavy (non-hydrogen) atoms. The summed E-state index contributed by atoms with van der Waals surface area (Å²) >= 11 is 0. The van der Waals surface area contributed by atoms with E-state index < -0.39 is 24.7 Å². The van der Waals surface area contributed by atoms with Gasteiger partial charge in [0.15, 0.2) is 11.2 Å². The number of anilines is 2. The monoisotopic (exact) mass is 433 g/mol. The molecule has 11 heteroatoms. The average Bonchev–Trinajstić information content (AvgIpc) is 3.47. The van der Waals surface area contributed by atoms with E-state index in [1.807, 2.05) is 18.2 Å². The number of β-amino-alcohol motifs (C(OH)–C–C–N with tert-alkyl or cyclic N) is 1. The number of nitrogens with one attached hydrogen (secondary N) is 2. The average molecular weight is 433 g/mol. The summed E-state index contributed by atoms with van der Waals surface area (Å²) in [5, 5.41) is 16.7. The summed E-state index contributed by atoms with van der Waals surface area (Å²) in [7, 11) is 0. The number of fused-ring (bicyclic) bond motifs is 1. The third-order valence-electron chi connectivity index (χ3n) is 5.91. The van der Waals surface area contributed by atoms with Crippen molar-refractivity contribution in [2.75, 3.05) is 36.4 Å². The Morgan fingerprint density at radius 3 is 2.84 bits per heavy atom. The summed E-state index contributed by atoms with van der Waals surface area (Å²) in [5.41, 5.74) is -0.770. The number of rotatable bonds is 4. The van der Waals surface area contributed by atoms with Crippen LogP contribution in [-0.2, 0) is 0 Å². The molecule has 0 bridgehead atoms. The molecule has 0 amide bonds. The van der Waals surface area contributed by atoms with E-state index in [1.165, 1.54) is 11.1 Å². The largest absolute Gasteiger partial charge is 0.418 e. The molecule has 3 aromatic heterocycles. The van der Waals surface area contributed by atoms with Gasteiger partial charge in [0.1, 0.15) is 11.6 Å². The smallest absolute Gasteiger partial charge is 0.379 e. The quantitative estimate of drug-likeness (QED) is 0.580. The molecule has 2 saturated heterocycles. The molecule has 2 atom stereocenters. The molecule has 0 saturated carbocycles. The van der Waals surface area contributed by atoms with Gasteiger partial charge in [-0.3, -0.25) is 4.40 Å². The standard InChI is InChI=1S/C20H22F3N7O/c21-20(22,23)19(31)5-7-29(12-19)18-11-30-15(9-25-17(30)10-26-18)14-2-1-3-16(28-14)27-13-4-6-24-8-13/h1-3,9-11,13,24,31H,4-8,12H2,(H,27,28). The fourth-order valence-electron chi connectivity index (χ4n) is 4.10. The highest BCUT2D eigenvalue weighted by atomic mass is 19.4. The highest BCUT2D eigenvalue weighted by molar-refractivity contribution is 5.63. The van der Waals surface area contributed by atoms with Gasteiger partial charge in [-0.1, -0.05) is 6.07 Å². The molecule has 2 unspecified atom stereocenters. The molecule has 0 aromatic carbocycles. The predicted molar refractivity (Wildman–Crippen MR) is 109 cm³/mol. The van der Waals surface area contributed by atoms with Crippen molar-refractivity contribution in [2.45, 2.75) is 30.7 Å². The first kappa shape index (κ1) is 20.0. The molecule has 2 aliphatic heterocycles. The summed E-state index contributed by atoms with van der Waals surface area (Å²) in [4.78, 5) is 14.7. The van der Waals surface area contributed by atoms with Crippen molar-refractivity contribution in [2.24, 2.45) is 0 Å². The second kappa shape index (κ2) is 7.34. The fraction of sp³-hybridized carbons (Fsp3) is 0.450. The van der Waals surface area contributed by atoms with Gasteiger partial charge >= 0.3 is 6.18 Å². The van der Waals surface area contributed by atoms with Gasteiger partial charge in [-0.2, -0.15) is 13.2 Å². The van der Waals surface area contributed by atoms with Crippen molar-refractivity contribution in [1.29, 1.82) is 0 Å². The molecule has 164 valence electrons. The van der Waals surface area contributed by atoms with E-state index >= 15 is 0 Å². The van der Waals surface area contributed by atoms with E-state index in [1.54, 1.807) is 16.8 Å². The fourth-order valence-corrected chi connectivity index (χ4v) is 4.10. The zero-order valence-corrected chi connectivity index (χ0v) is 16.6. The molecule has 5 rings (SSSR count). The van der Waals surface area contributed by atoms with Gasteiger partial charge in [-0.15, -0.1) is 0 Å². The third kappa shape index (κ3) is 3.68. The highest BCUT2D eigenvalue weighted by Gasteiger charge is 2.57. The molecule has 8 nitrogen and oxygen atoms in total. The highest BCUT2D eigenvalue weighted by Crippen LogP contribution is 2.38. The van der Waals surface area contributed by atoms with E-state index in [0.717, 1.165) is 25.3 Å². The number of nitrogens with zero attached hydrogens (tertiary/aromatic N) is 5. The predicted octanol–water partition coefficient (Wildman–Crippen LogP) is 2.07. The summed E-state index contributed by atoms with van der Waals surface area (Å²) in [6, 6.07) is 5.99. The van der Waals surface area contributed by atoms with Crippen molar-refractivity contribution >= 4 is 17.3 Å². The van der Waals surface area contributed by atoms with Crippen LogP contribution in [0.1, 0.15) is 12.8 Å². The maximum absolute atomic E-state index is 13.2. The lowest BCUT2D eigenvalue weighted by atomic mass is 10.0. The van der Waals surface area contributed by atoms with Crippen LogP contribution in [0.5, 0.6) is 0 Å². The number of hydrogen-bond donors (Lipinski definition) is 3. The van der Waals surface area contributed by atoms with Gasteiger partial charge in [-0.25, -0.2) is 15.0 Å². The van der Waals surface area contributed by atoms with E-state index in [-0.39, 0.29) is 6.54 Å². The van der Waals surface area contributed by atoms with Gasteiger partial charge in [0, 0.05) is 25.6 Å². The maximum Gasteiger partial charge on any atom is 0.418 e. The molecule has 5 heterocycles. The lowest BCUT2D eigenvalue weighted by molar-refractivity contribution is -0.250. The van der Waals surface area contributed by atoms with Crippen LogP contribution in [0.25, 0.3) is 17.0 Å². The van der Waals surface area contributed by atoms with Crippen LogP contribution in [0.2, 0.25) is 0 Å². The Hall–Kier alpha value is -2.92. The minimum atomic E-state index is -4.68. The Kier molecular flexibility index (Phi) is 4.74. The minimum Gasteiger partial charge on any atom is -0.379 e. The Morgan fingerprint density at radius 1 is 1.23 bits per heavy atom. The van der Waals surface area contributed by atoms with E-state index in [4.69, 9.17) is 0 Å². The topological polar surface area (TPSA) is 90.6 Å². The number of halogens is 3. The zero-order chi connectivity index (χ0) is 21.6. The van der Waals surface area contributed by atoms with Crippen molar-refractivity contribution < 1.29 is 18.3 Å². The van der Waals surface area contributed by atoms with Crippen molar-refractivity contribution in [3.63, 3.8) is 0 Å². The molecule has 2 fully saturated rings. The van der Waals surface area contributed by atoms with Gasteiger partial charge < -0.3 is 20.6 Å². The Balaban J connectivity index is 1.44. The van der Waals surface area contributed by atoms with Crippen LogP contribution in [0.4, 0.5) is 24.8 Å². The summed E-state index contributed by atoms with van der Waals surface area (Å²) in [5.74, 6) is 1.10. The van der Waals surface area contributed by atoms with Crippen LogP contribution in [-0.4, -0.2) is 68.5 Å². The number of hydrogen-bond acceptors (Lipinski definition) is 7. The SMILES string of the molecule is OC1(C(F)(F)F)CCN(c2cn3c(-c4cccc(NC5CCNC5)n4)cnc3cn2)C1. The number of imidazole rings is 1. The van der Waals surface area contributed by atoms with Gasteiger partial charge in [-0.05, 0) is 25.1 Å². The van der Waals surface area contributed by atoms with Gasteiger partial charge in [0.25, 0.3) is 0 Å². The van der Waals surface area contributed by atoms with Crippen LogP contribution >= 0.6 is 0 Å². The van der Waals surface area contributed by atoms with Crippen LogP contribution in [0.15, 0.2) is 36.8 Å². The molecule has 0 spiro atoms. The number of alkyl halides is 3. The van der Waals surface area contributed by atoms with Crippen LogP contribution in [0, 0.1) is 0 Å². The first-order chi connectivity index (χ1) is 14.8. The lowest BCUT2D eigenvalue weighted by Crippen LogP contribution is -2.47. The lowest BCUT2D eigenvalue weighted by Gasteiger charge is -2.26. The molecule has 0 radical (unpaired) electrons. The summed E-state index contributed by atoms with van der Waals surface area (Å²) in [6.07, 6.45) is 0.770. The van der Waals surface area contributed by atoms with Crippen LogP contribution < -0.4 is 15.5 Å². The summed E-state index contributed by atoms with van der Waals surface area (Å²) in [6.45, 7) is 1.37. The Labute approximate surface area is 176 Å². The number of aliphatic hydroxyl groups is 1. The normalized spacial score (nSPS) is 24.3. The van der Waals surface area contributed by atoms with Crippen molar-refractivity contribution in [3.05, 3.63) is 36.8 Å². The van der Waals surface area contributed by atoms with Crippen LogP contribution in [0.3, 0.4) is 0 Å². The zero-order valence-electron chi connectivity index (χ0n) is 16.6. The van der Waals surface area contributed by atoms with E-state index in [2.05, 4.69) is 25.6 Å². The van der Waals surface area contributed by atoms with E-state index in [0.29, 0.717) is 28.9 Å². The first-order valence-corrected chi connectivity index (χ1v) is 10.1. The maximum atomic E-state index is 13.2. The molecule has 0 aliphatic carbocycles.